The molecule has 2 radical (unpaired) electrons. The van der Waals surface area contributed by atoms with Crippen molar-refractivity contribution >= 4 is 8.19 Å². The van der Waals surface area contributed by atoms with Gasteiger partial charge < -0.3 is 0 Å². The third kappa shape index (κ3) is 0.803. The van der Waals surface area contributed by atoms with Crippen LogP contribution >= 0.6 is 8.19 Å². The molecule has 0 amide bonds. The fourth-order valence-corrected chi connectivity index (χ4v) is 0.642. The van der Waals surface area contributed by atoms with E-state index in [1.54, 1.807) is 0 Å². The summed E-state index contributed by atoms with van der Waals surface area (Å²) in [6, 6.07) is 5.69. The molecule has 0 N–H and O–H groups in total. The van der Waals surface area contributed by atoms with Gasteiger partial charge in [0.15, 0.2) is 0 Å². The Morgan fingerprint density at radius 3 is 2.00 bits per heavy atom. The molecular weight excluding hydrogens is 91.0 g/mol. The molecule has 0 atom stereocenters. The predicted molar refractivity (Wildman–Crippen MR) is 26.6 cm³/mol. The summed E-state index contributed by atoms with van der Waals surface area (Å²) in [5.41, 5.74) is 0. The molecule has 1 aromatic heterocycles. The standard InChI is InChI=1S/C5H3P/c1-2-4-6-5-3-1/h1-3H. The van der Waals surface area contributed by atoms with Gasteiger partial charge in [0.1, 0.15) is 0 Å². The van der Waals surface area contributed by atoms with Crippen molar-refractivity contribution in [3.8, 4) is 0 Å². The van der Waals surface area contributed by atoms with E-state index in [1.807, 2.05) is 18.2 Å². The van der Waals surface area contributed by atoms with E-state index in [1.165, 1.54) is 0 Å². The van der Waals surface area contributed by atoms with Crippen LogP contribution in [0.15, 0.2) is 18.2 Å². The van der Waals surface area contributed by atoms with Gasteiger partial charge >= 0.3 is 0 Å². The molecule has 0 aliphatic rings. The Balaban J connectivity index is 3.00. The summed E-state index contributed by atoms with van der Waals surface area (Å²) in [6.07, 6.45) is 0. The van der Waals surface area contributed by atoms with Crippen molar-refractivity contribution in [2.24, 2.45) is 0 Å². The summed E-state index contributed by atoms with van der Waals surface area (Å²) in [5, 5.41) is 0. The van der Waals surface area contributed by atoms with E-state index in [-0.39, 0.29) is 0 Å². The first-order valence-electron chi connectivity index (χ1n) is 1.69. The molecule has 1 rings (SSSR count). The third-order valence-corrected chi connectivity index (χ3v) is 1.03. The summed E-state index contributed by atoms with van der Waals surface area (Å²) in [4.78, 5) is 0. The average molecular weight is 94.1 g/mol. The Labute approximate surface area is 38.9 Å². The van der Waals surface area contributed by atoms with Crippen LogP contribution in [0.4, 0.5) is 0 Å². The highest BCUT2D eigenvalue weighted by Gasteiger charge is 1.61. The molecule has 0 saturated heterocycles. The summed E-state index contributed by atoms with van der Waals surface area (Å²) in [6.45, 7) is 0. The van der Waals surface area contributed by atoms with Crippen LogP contribution in [0.3, 0.4) is 0 Å². The molecular formula is C5H3P. The van der Waals surface area contributed by atoms with Gasteiger partial charge in [-0.05, 0) is 12.1 Å². The highest BCUT2D eigenvalue weighted by atomic mass is 31.0. The Hall–Kier alpha value is -0.350. The van der Waals surface area contributed by atoms with Crippen LogP contribution in [-0.4, -0.2) is 0 Å². The van der Waals surface area contributed by atoms with Gasteiger partial charge in [0, 0.05) is 11.6 Å². The van der Waals surface area contributed by atoms with Crippen LogP contribution < -0.4 is 0 Å². The molecule has 1 heteroatoms. The lowest BCUT2D eigenvalue weighted by Gasteiger charge is -1.66. The summed E-state index contributed by atoms with van der Waals surface area (Å²) in [5.74, 6) is 5.87. The van der Waals surface area contributed by atoms with E-state index in [9.17, 15) is 0 Å². The number of rotatable bonds is 0. The number of hydrogen-bond acceptors (Lipinski definition) is 0. The molecule has 1 aromatic rings. The maximum atomic E-state index is 2.93. The van der Waals surface area contributed by atoms with Gasteiger partial charge in [0.25, 0.3) is 0 Å². The van der Waals surface area contributed by atoms with Crippen LogP contribution in [0.1, 0.15) is 0 Å². The van der Waals surface area contributed by atoms with Crippen LogP contribution in [0.2, 0.25) is 0 Å². The molecule has 28 valence electrons. The lowest BCUT2D eigenvalue weighted by Crippen LogP contribution is -1.42. The van der Waals surface area contributed by atoms with Crippen molar-refractivity contribution in [2.45, 2.75) is 0 Å². The molecule has 0 aliphatic carbocycles. The maximum absolute atomic E-state index is 2.93. The van der Waals surface area contributed by atoms with E-state index in [4.69, 9.17) is 0 Å². The van der Waals surface area contributed by atoms with Crippen molar-refractivity contribution in [1.29, 1.82) is 0 Å². The minimum atomic E-state index is 1.06. The topological polar surface area (TPSA) is 0 Å². The van der Waals surface area contributed by atoms with Crippen molar-refractivity contribution in [1.82, 2.24) is 0 Å². The molecule has 1 heterocycles. The van der Waals surface area contributed by atoms with E-state index < -0.39 is 0 Å². The first-order valence-corrected chi connectivity index (χ1v) is 2.59. The lowest BCUT2D eigenvalue weighted by atomic mass is 10.6. The Bertz CT molecular complexity index is 75.9. The molecule has 0 aromatic carbocycles. The first kappa shape index (κ1) is 3.83. The quantitative estimate of drug-likeness (QED) is 0.460. The predicted octanol–water partition coefficient (Wildman–Crippen LogP) is 1.87. The molecule has 0 bridgehead atoms. The Kier molecular flexibility index (Phi) is 1.24. The zero-order valence-corrected chi connectivity index (χ0v) is 4.07. The SMILES string of the molecule is [c]1ccc[c]p1. The van der Waals surface area contributed by atoms with Crippen LogP contribution in [-0.2, 0) is 0 Å². The van der Waals surface area contributed by atoms with E-state index in [0.717, 1.165) is 8.19 Å². The van der Waals surface area contributed by atoms with Crippen molar-refractivity contribution in [3.05, 3.63) is 29.8 Å². The second kappa shape index (κ2) is 1.94. The van der Waals surface area contributed by atoms with Gasteiger partial charge in [-0.2, -0.15) is 0 Å². The zero-order valence-electron chi connectivity index (χ0n) is 3.18. The molecule has 0 fully saturated rings. The van der Waals surface area contributed by atoms with Crippen molar-refractivity contribution < 1.29 is 0 Å². The maximum Gasteiger partial charge on any atom is 0.0142 e. The van der Waals surface area contributed by atoms with Gasteiger partial charge in [0.2, 0.25) is 0 Å². The third-order valence-electron chi connectivity index (χ3n) is 0.471. The zero-order chi connectivity index (χ0) is 4.24. The lowest BCUT2D eigenvalue weighted by molar-refractivity contribution is 1.86. The first-order chi connectivity index (χ1) is 3.00. The van der Waals surface area contributed by atoms with E-state index in [0.29, 0.717) is 0 Å². The average Bonchev–Trinajstić information content (AvgIpc) is 1.72. The van der Waals surface area contributed by atoms with Gasteiger partial charge in [-0.1, -0.05) is 14.3 Å². The molecule has 0 saturated carbocycles. The highest BCUT2D eigenvalue weighted by molar-refractivity contribution is 7.27. The largest absolute Gasteiger partial charge is 0.0603 e. The van der Waals surface area contributed by atoms with Crippen LogP contribution in [0.5, 0.6) is 0 Å². The Morgan fingerprint density at radius 1 is 1.17 bits per heavy atom. The normalized spacial score (nSPS) is 8.00. The smallest absolute Gasteiger partial charge is 0.0142 e. The second-order valence-electron chi connectivity index (χ2n) is 0.896. The summed E-state index contributed by atoms with van der Waals surface area (Å²) >= 11 is 0. The van der Waals surface area contributed by atoms with Crippen LogP contribution in [0, 0.1) is 11.6 Å². The molecule has 0 unspecified atom stereocenters. The van der Waals surface area contributed by atoms with E-state index in [2.05, 4.69) is 11.6 Å². The van der Waals surface area contributed by atoms with Crippen molar-refractivity contribution in [3.63, 3.8) is 0 Å². The minimum absolute atomic E-state index is 1.06. The van der Waals surface area contributed by atoms with Crippen LogP contribution in [0.25, 0.3) is 0 Å². The highest BCUT2D eigenvalue weighted by Crippen LogP contribution is 1.95. The fourth-order valence-electron chi connectivity index (χ4n) is 0.246. The van der Waals surface area contributed by atoms with E-state index >= 15 is 0 Å². The fraction of sp³-hybridized carbons (Fsp3) is 0. The van der Waals surface area contributed by atoms with Gasteiger partial charge in [-0.3, -0.25) is 0 Å². The second-order valence-corrected chi connectivity index (χ2v) is 1.64. The summed E-state index contributed by atoms with van der Waals surface area (Å²) in [7, 11) is 1.06. The van der Waals surface area contributed by atoms with Gasteiger partial charge in [-0.15, -0.1) is 0 Å². The van der Waals surface area contributed by atoms with Crippen molar-refractivity contribution in [2.75, 3.05) is 0 Å². The molecule has 0 nitrogen and oxygen atoms in total. The minimum Gasteiger partial charge on any atom is -0.0603 e. The monoisotopic (exact) mass is 94.0 g/mol. The van der Waals surface area contributed by atoms with Gasteiger partial charge in [-0.25, -0.2) is 0 Å². The number of hydrogen-bond donors (Lipinski definition) is 0. The molecule has 6 heavy (non-hydrogen) atoms. The molecule has 0 aliphatic heterocycles. The van der Waals surface area contributed by atoms with Gasteiger partial charge in [0.05, 0.1) is 0 Å². The summed E-state index contributed by atoms with van der Waals surface area (Å²) < 4.78 is 0. The molecule has 0 spiro atoms. The Morgan fingerprint density at radius 2 is 1.83 bits per heavy atom.